The maximum Gasteiger partial charge on any atom is 0.239 e. The molecule has 0 saturated carbocycles. The fourth-order valence-electron chi connectivity index (χ4n) is 1.68. The summed E-state index contributed by atoms with van der Waals surface area (Å²) in [7, 11) is 0. The lowest BCUT2D eigenvalue weighted by Gasteiger charge is -2.25. The van der Waals surface area contributed by atoms with Crippen molar-refractivity contribution in [3.8, 4) is 0 Å². The molecule has 1 saturated heterocycles. The zero-order chi connectivity index (χ0) is 12.3. The third-order valence-electron chi connectivity index (χ3n) is 2.63. The zero-order valence-corrected chi connectivity index (χ0v) is 10.2. The molecule has 0 spiro atoms. The molecule has 1 aliphatic heterocycles. The zero-order valence-electron chi connectivity index (χ0n) is 10.2. The fraction of sp³-hybridized carbons (Fsp3) is 0.818. The summed E-state index contributed by atoms with van der Waals surface area (Å²) in [5, 5.41) is 2.81. The largest absolute Gasteiger partial charge is 0.350 e. The Morgan fingerprint density at radius 3 is 2.69 bits per heavy atom. The molecule has 0 bridgehead atoms. The van der Waals surface area contributed by atoms with Gasteiger partial charge in [0.25, 0.3) is 0 Å². The molecule has 2 amide bonds. The van der Waals surface area contributed by atoms with Crippen LogP contribution in [0.25, 0.3) is 0 Å². The highest BCUT2D eigenvalue weighted by molar-refractivity contribution is 5.85. The van der Waals surface area contributed by atoms with Gasteiger partial charge < -0.3 is 16.0 Å². The molecule has 92 valence electrons. The second-order valence-corrected chi connectivity index (χ2v) is 5.04. The van der Waals surface area contributed by atoms with Crippen LogP contribution in [-0.4, -0.2) is 41.4 Å². The summed E-state index contributed by atoms with van der Waals surface area (Å²) in [6, 6.07) is -0.0580. The van der Waals surface area contributed by atoms with E-state index in [4.69, 9.17) is 5.73 Å². The summed E-state index contributed by atoms with van der Waals surface area (Å²) < 4.78 is 0. The van der Waals surface area contributed by atoms with Crippen molar-refractivity contribution in [1.82, 2.24) is 10.2 Å². The molecule has 0 aliphatic carbocycles. The Balaban J connectivity index is 2.39. The highest BCUT2D eigenvalue weighted by Crippen LogP contribution is 2.10. The van der Waals surface area contributed by atoms with Crippen molar-refractivity contribution in [2.75, 3.05) is 13.1 Å². The van der Waals surface area contributed by atoms with E-state index in [9.17, 15) is 9.59 Å². The topological polar surface area (TPSA) is 75.4 Å². The van der Waals surface area contributed by atoms with Crippen molar-refractivity contribution in [1.29, 1.82) is 0 Å². The van der Waals surface area contributed by atoms with Crippen LogP contribution in [0.1, 0.15) is 33.6 Å². The molecule has 0 radical (unpaired) electrons. The van der Waals surface area contributed by atoms with E-state index in [1.165, 1.54) is 0 Å². The van der Waals surface area contributed by atoms with Gasteiger partial charge in [-0.2, -0.15) is 0 Å². The minimum absolute atomic E-state index is 0.0580. The third-order valence-corrected chi connectivity index (χ3v) is 2.63. The number of carbonyl (C=O) groups excluding carboxylic acids is 2. The SMILES string of the molecule is CC(CN1CCCC1=O)NC(=O)C(C)(C)N. The molecular weight excluding hydrogens is 206 g/mol. The molecule has 1 unspecified atom stereocenters. The molecule has 0 aromatic carbocycles. The summed E-state index contributed by atoms with van der Waals surface area (Å²) in [6.45, 7) is 6.58. The number of nitrogens with two attached hydrogens (primary N) is 1. The number of carbonyl (C=O) groups is 2. The van der Waals surface area contributed by atoms with Crippen molar-refractivity contribution in [2.24, 2.45) is 5.73 Å². The Morgan fingerprint density at radius 2 is 2.25 bits per heavy atom. The third kappa shape index (κ3) is 3.48. The van der Waals surface area contributed by atoms with Crippen LogP contribution in [0.2, 0.25) is 0 Å². The smallest absolute Gasteiger partial charge is 0.239 e. The number of rotatable bonds is 4. The van der Waals surface area contributed by atoms with Crippen molar-refractivity contribution in [3.63, 3.8) is 0 Å². The Morgan fingerprint density at radius 1 is 1.62 bits per heavy atom. The second kappa shape index (κ2) is 4.82. The molecule has 1 heterocycles. The van der Waals surface area contributed by atoms with E-state index in [1.54, 1.807) is 18.7 Å². The summed E-state index contributed by atoms with van der Waals surface area (Å²) in [5.41, 5.74) is 4.80. The van der Waals surface area contributed by atoms with Gasteiger partial charge >= 0.3 is 0 Å². The van der Waals surface area contributed by atoms with Crippen LogP contribution in [0.15, 0.2) is 0 Å². The number of hydrogen-bond donors (Lipinski definition) is 2. The lowest BCUT2D eigenvalue weighted by atomic mass is 10.1. The normalized spacial score (nSPS) is 18.8. The van der Waals surface area contributed by atoms with Crippen LogP contribution in [0, 0.1) is 0 Å². The highest BCUT2D eigenvalue weighted by atomic mass is 16.2. The van der Waals surface area contributed by atoms with Gasteiger partial charge in [0.15, 0.2) is 0 Å². The first-order valence-electron chi connectivity index (χ1n) is 5.68. The molecule has 0 aromatic rings. The van der Waals surface area contributed by atoms with Crippen molar-refractivity contribution >= 4 is 11.8 Å². The number of likely N-dealkylation sites (tertiary alicyclic amines) is 1. The second-order valence-electron chi connectivity index (χ2n) is 5.04. The molecule has 5 nitrogen and oxygen atoms in total. The van der Waals surface area contributed by atoms with Crippen LogP contribution in [0.3, 0.4) is 0 Å². The van der Waals surface area contributed by atoms with Gasteiger partial charge in [-0.05, 0) is 27.2 Å². The lowest BCUT2D eigenvalue weighted by Crippen LogP contribution is -2.53. The Kier molecular flexibility index (Phi) is 3.91. The van der Waals surface area contributed by atoms with E-state index in [-0.39, 0.29) is 17.9 Å². The maximum absolute atomic E-state index is 11.6. The number of amides is 2. The molecule has 1 rings (SSSR count). The van der Waals surface area contributed by atoms with E-state index in [0.717, 1.165) is 13.0 Å². The molecule has 16 heavy (non-hydrogen) atoms. The van der Waals surface area contributed by atoms with Crippen LogP contribution in [0.4, 0.5) is 0 Å². The minimum atomic E-state index is -0.872. The predicted octanol–water partition coefficient (Wildman–Crippen LogP) is -0.149. The standard InChI is InChI=1S/C11H21N3O2/c1-8(13-10(16)11(2,3)12)7-14-6-4-5-9(14)15/h8H,4-7,12H2,1-3H3,(H,13,16). The van der Waals surface area contributed by atoms with Gasteiger partial charge in [-0.1, -0.05) is 0 Å². The first-order valence-corrected chi connectivity index (χ1v) is 5.68. The summed E-state index contributed by atoms with van der Waals surface area (Å²) in [4.78, 5) is 24.8. The monoisotopic (exact) mass is 227 g/mol. The van der Waals surface area contributed by atoms with Crippen LogP contribution >= 0.6 is 0 Å². The number of hydrogen-bond acceptors (Lipinski definition) is 3. The average molecular weight is 227 g/mol. The van der Waals surface area contributed by atoms with Gasteiger partial charge in [-0.3, -0.25) is 9.59 Å². The Bertz CT molecular complexity index is 283. The van der Waals surface area contributed by atoms with E-state index in [0.29, 0.717) is 13.0 Å². The molecule has 3 N–H and O–H groups in total. The molecule has 0 aromatic heterocycles. The summed E-state index contributed by atoms with van der Waals surface area (Å²) in [5.74, 6) is -0.0141. The van der Waals surface area contributed by atoms with Crippen LogP contribution in [-0.2, 0) is 9.59 Å². The first kappa shape index (κ1) is 13.0. The lowest BCUT2D eigenvalue weighted by molar-refractivity contribution is -0.130. The Hall–Kier alpha value is -1.10. The van der Waals surface area contributed by atoms with Gasteiger partial charge in [-0.25, -0.2) is 0 Å². The molecule has 1 fully saturated rings. The first-order chi connectivity index (χ1) is 7.30. The molecule has 1 aliphatic rings. The van der Waals surface area contributed by atoms with Gasteiger partial charge in [0, 0.05) is 25.6 Å². The van der Waals surface area contributed by atoms with Gasteiger partial charge in [-0.15, -0.1) is 0 Å². The van der Waals surface area contributed by atoms with Crippen molar-refractivity contribution < 1.29 is 9.59 Å². The van der Waals surface area contributed by atoms with Crippen molar-refractivity contribution in [2.45, 2.75) is 45.2 Å². The number of nitrogens with zero attached hydrogens (tertiary/aromatic N) is 1. The van der Waals surface area contributed by atoms with Crippen LogP contribution in [0.5, 0.6) is 0 Å². The van der Waals surface area contributed by atoms with Crippen molar-refractivity contribution in [3.05, 3.63) is 0 Å². The average Bonchev–Trinajstić information content (AvgIpc) is 2.50. The van der Waals surface area contributed by atoms with Gasteiger partial charge in [0.1, 0.15) is 0 Å². The fourth-order valence-corrected chi connectivity index (χ4v) is 1.68. The summed E-state index contributed by atoms with van der Waals surface area (Å²) >= 11 is 0. The number of nitrogens with one attached hydrogen (secondary N) is 1. The molecule has 1 atom stereocenters. The Labute approximate surface area is 96.4 Å². The van der Waals surface area contributed by atoms with Crippen LogP contribution < -0.4 is 11.1 Å². The van der Waals surface area contributed by atoms with Gasteiger partial charge in [0.2, 0.25) is 11.8 Å². The van der Waals surface area contributed by atoms with E-state index in [2.05, 4.69) is 5.32 Å². The molecule has 5 heteroatoms. The van der Waals surface area contributed by atoms with E-state index < -0.39 is 5.54 Å². The summed E-state index contributed by atoms with van der Waals surface area (Å²) in [6.07, 6.45) is 1.55. The maximum atomic E-state index is 11.6. The van der Waals surface area contributed by atoms with E-state index in [1.807, 2.05) is 6.92 Å². The highest BCUT2D eigenvalue weighted by Gasteiger charge is 2.26. The minimum Gasteiger partial charge on any atom is -0.350 e. The predicted molar refractivity (Wildman–Crippen MR) is 61.7 cm³/mol. The van der Waals surface area contributed by atoms with E-state index >= 15 is 0 Å². The molecular formula is C11H21N3O2. The van der Waals surface area contributed by atoms with Gasteiger partial charge in [0.05, 0.1) is 5.54 Å². The quantitative estimate of drug-likeness (QED) is 0.701.